The van der Waals surface area contributed by atoms with Gasteiger partial charge in [0.15, 0.2) is 0 Å². The Morgan fingerprint density at radius 2 is 1.43 bits per heavy atom. The Kier molecular flexibility index (Phi) is 3.86. The summed E-state index contributed by atoms with van der Waals surface area (Å²) in [5.41, 5.74) is 14.9. The molecule has 0 aromatic heterocycles. The van der Waals surface area contributed by atoms with Gasteiger partial charge in [-0.3, -0.25) is 0 Å². The molecule has 1 heteroatoms. The Morgan fingerprint density at radius 3 is 1.86 bits per heavy atom. The summed E-state index contributed by atoms with van der Waals surface area (Å²) in [6.07, 6.45) is 3.30. The van der Waals surface area contributed by atoms with Gasteiger partial charge in [0.05, 0.1) is 0 Å². The first-order valence-electron chi connectivity index (χ1n) is 7.99. The van der Waals surface area contributed by atoms with E-state index in [1.54, 1.807) is 0 Å². The third kappa shape index (κ3) is 2.89. The smallest absolute Gasteiger partial charge is 0.0109 e. The molecule has 110 valence electrons. The van der Waals surface area contributed by atoms with Gasteiger partial charge in [-0.2, -0.15) is 0 Å². The first-order valence-corrected chi connectivity index (χ1v) is 7.99. The summed E-state index contributed by atoms with van der Waals surface area (Å²) in [6.45, 7) is 6.48. The molecule has 0 saturated carbocycles. The second-order valence-corrected chi connectivity index (χ2v) is 6.67. The van der Waals surface area contributed by atoms with Crippen LogP contribution in [-0.2, 0) is 12.8 Å². The molecule has 1 aliphatic rings. The van der Waals surface area contributed by atoms with Crippen molar-refractivity contribution in [2.75, 3.05) is 0 Å². The molecule has 0 fully saturated rings. The highest BCUT2D eigenvalue weighted by Crippen LogP contribution is 2.37. The maximum atomic E-state index is 6.15. The molecule has 2 aromatic rings. The van der Waals surface area contributed by atoms with Crippen molar-refractivity contribution in [3.63, 3.8) is 0 Å². The highest BCUT2D eigenvalue weighted by atomic mass is 14.6. The number of aryl methyl sites for hydroxylation is 4. The van der Waals surface area contributed by atoms with E-state index in [2.05, 4.69) is 57.2 Å². The van der Waals surface area contributed by atoms with Crippen LogP contribution in [0.25, 0.3) is 0 Å². The van der Waals surface area contributed by atoms with Crippen LogP contribution in [0.5, 0.6) is 0 Å². The molecule has 2 aromatic carbocycles. The molecule has 0 heterocycles. The van der Waals surface area contributed by atoms with Crippen LogP contribution in [0.2, 0.25) is 0 Å². The summed E-state index contributed by atoms with van der Waals surface area (Å²) in [6, 6.07) is 14.1. The largest absolute Gasteiger partial charge is 0.328 e. The van der Waals surface area contributed by atoms with Crippen LogP contribution < -0.4 is 5.73 Å². The Morgan fingerprint density at radius 1 is 0.952 bits per heavy atom. The van der Waals surface area contributed by atoms with Crippen molar-refractivity contribution in [1.29, 1.82) is 0 Å². The minimum atomic E-state index is 0.219. The maximum absolute atomic E-state index is 6.15. The van der Waals surface area contributed by atoms with Crippen LogP contribution in [0, 0.1) is 13.8 Å². The average molecular weight is 279 g/mol. The van der Waals surface area contributed by atoms with E-state index in [-0.39, 0.29) is 6.04 Å². The number of fused-ring (bicyclic) bond motifs is 2. The van der Waals surface area contributed by atoms with E-state index in [1.165, 1.54) is 33.4 Å². The van der Waals surface area contributed by atoms with Crippen LogP contribution in [0.1, 0.15) is 52.6 Å². The summed E-state index contributed by atoms with van der Waals surface area (Å²) in [5, 5.41) is 0. The molecule has 0 bridgehead atoms. The molecule has 3 rings (SSSR count). The third-order valence-electron chi connectivity index (χ3n) is 4.62. The second-order valence-electron chi connectivity index (χ2n) is 6.67. The van der Waals surface area contributed by atoms with E-state index in [4.69, 9.17) is 5.73 Å². The van der Waals surface area contributed by atoms with Gasteiger partial charge in [-0.15, -0.1) is 0 Å². The molecule has 0 aliphatic heterocycles. The molecule has 1 nitrogen and oxygen atoms in total. The van der Waals surface area contributed by atoms with E-state index < -0.39 is 0 Å². The van der Waals surface area contributed by atoms with Crippen molar-refractivity contribution in [3.05, 3.63) is 69.8 Å². The highest BCUT2D eigenvalue weighted by Gasteiger charge is 2.24. The van der Waals surface area contributed by atoms with Crippen LogP contribution in [-0.4, -0.2) is 6.04 Å². The predicted octanol–water partition coefficient (Wildman–Crippen LogP) is 4.27. The molecular formula is C20H25N. The second kappa shape index (κ2) is 5.65. The van der Waals surface area contributed by atoms with E-state index in [9.17, 15) is 0 Å². The normalized spacial score (nSPS) is 16.0. The fourth-order valence-electron chi connectivity index (χ4n) is 3.64. The number of hydrogen-bond donors (Lipinski definition) is 1. The van der Waals surface area contributed by atoms with Crippen molar-refractivity contribution in [2.45, 2.75) is 52.0 Å². The Labute approximate surface area is 128 Å². The number of nitrogens with two attached hydrogens (primary N) is 1. The van der Waals surface area contributed by atoms with Crippen molar-refractivity contribution in [1.82, 2.24) is 0 Å². The molecule has 1 atom stereocenters. The lowest BCUT2D eigenvalue weighted by atomic mass is 9.83. The molecule has 0 amide bonds. The summed E-state index contributed by atoms with van der Waals surface area (Å²) in [5.74, 6) is 0.443. The number of rotatable bonds is 2. The number of hydrogen-bond acceptors (Lipinski definition) is 1. The summed E-state index contributed by atoms with van der Waals surface area (Å²) >= 11 is 0. The molecule has 0 saturated heterocycles. The van der Waals surface area contributed by atoms with E-state index in [0.717, 1.165) is 19.3 Å². The zero-order valence-electron chi connectivity index (χ0n) is 13.3. The highest BCUT2D eigenvalue weighted by molar-refractivity contribution is 5.47. The minimum Gasteiger partial charge on any atom is -0.328 e. The molecule has 0 unspecified atom stereocenters. The first-order chi connectivity index (χ1) is 10.0. The summed E-state index contributed by atoms with van der Waals surface area (Å²) in [4.78, 5) is 0. The fraction of sp³-hybridized carbons (Fsp3) is 0.400. The zero-order valence-corrected chi connectivity index (χ0v) is 13.3. The maximum Gasteiger partial charge on any atom is 0.0109 e. The molecule has 1 aliphatic carbocycles. The van der Waals surface area contributed by atoms with Crippen molar-refractivity contribution in [2.24, 2.45) is 5.73 Å². The van der Waals surface area contributed by atoms with Crippen molar-refractivity contribution >= 4 is 0 Å². The standard InChI is InChI=1S/C20H25N/c1-13-4-8-18-16(10-13)6-7-17-11-14(2)5-9-19(17)20(18)12-15(3)21/h4-5,8-11,15,20H,6-7,12,21H2,1-3H3/t15-/m0/s1. The zero-order chi connectivity index (χ0) is 15.0. The van der Waals surface area contributed by atoms with Gasteiger partial charge in [0.2, 0.25) is 0 Å². The van der Waals surface area contributed by atoms with Gasteiger partial charge in [-0.25, -0.2) is 0 Å². The summed E-state index contributed by atoms with van der Waals surface area (Å²) in [7, 11) is 0. The summed E-state index contributed by atoms with van der Waals surface area (Å²) < 4.78 is 0. The van der Waals surface area contributed by atoms with Gasteiger partial charge in [-0.1, -0.05) is 47.5 Å². The van der Waals surface area contributed by atoms with Gasteiger partial charge in [0.25, 0.3) is 0 Å². The first kappa shape index (κ1) is 14.3. The van der Waals surface area contributed by atoms with E-state index in [0.29, 0.717) is 5.92 Å². The van der Waals surface area contributed by atoms with Gasteiger partial charge in [0.1, 0.15) is 0 Å². The van der Waals surface area contributed by atoms with E-state index in [1.807, 2.05) is 0 Å². The SMILES string of the molecule is Cc1ccc2c(c1)CCc1cc(C)ccc1C2C[C@H](C)N. The molecule has 21 heavy (non-hydrogen) atoms. The van der Waals surface area contributed by atoms with Gasteiger partial charge in [0, 0.05) is 12.0 Å². The minimum absolute atomic E-state index is 0.219. The van der Waals surface area contributed by atoms with Gasteiger partial charge >= 0.3 is 0 Å². The monoisotopic (exact) mass is 279 g/mol. The lowest BCUT2D eigenvalue weighted by Gasteiger charge is -2.22. The van der Waals surface area contributed by atoms with Crippen molar-refractivity contribution in [3.8, 4) is 0 Å². The Hall–Kier alpha value is -1.60. The van der Waals surface area contributed by atoms with Crippen molar-refractivity contribution < 1.29 is 0 Å². The van der Waals surface area contributed by atoms with Crippen LogP contribution in [0.15, 0.2) is 36.4 Å². The third-order valence-corrected chi connectivity index (χ3v) is 4.62. The number of benzene rings is 2. The lowest BCUT2D eigenvalue weighted by Crippen LogP contribution is -2.20. The molecule has 0 radical (unpaired) electrons. The average Bonchev–Trinajstić information content (AvgIpc) is 2.56. The van der Waals surface area contributed by atoms with Gasteiger partial charge in [-0.05, 0) is 62.3 Å². The van der Waals surface area contributed by atoms with Gasteiger partial charge < -0.3 is 5.73 Å². The molecular weight excluding hydrogens is 254 g/mol. The van der Waals surface area contributed by atoms with Crippen LogP contribution in [0.4, 0.5) is 0 Å². The van der Waals surface area contributed by atoms with Crippen LogP contribution in [0.3, 0.4) is 0 Å². The Bertz CT molecular complexity index is 601. The fourth-order valence-corrected chi connectivity index (χ4v) is 3.64. The van der Waals surface area contributed by atoms with E-state index >= 15 is 0 Å². The molecule has 0 spiro atoms. The quantitative estimate of drug-likeness (QED) is 0.873. The van der Waals surface area contributed by atoms with Crippen LogP contribution >= 0.6 is 0 Å². The lowest BCUT2D eigenvalue weighted by molar-refractivity contribution is 0.606. The Balaban J connectivity index is 2.15. The topological polar surface area (TPSA) is 26.0 Å². The molecule has 2 N–H and O–H groups in total. The predicted molar refractivity (Wildman–Crippen MR) is 89.9 cm³/mol.